The minimum absolute atomic E-state index is 0.221. The van der Waals surface area contributed by atoms with Gasteiger partial charge in [-0.05, 0) is 29.7 Å². The van der Waals surface area contributed by atoms with E-state index < -0.39 is 0 Å². The van der Waals surface area contributed by atoms with Crippen LogP contribution in [0.3, 0.4) is 0 Å². The number of fused-ring (bicyclic) bond motifs is 2. The van der Waals surface area contributed by atoms with Gasteiger partial charge in [0.15, 0.2) is 0 Å². The molecule has 3 aromatic rings. The molecule has 5 rings (SSSR count). The average molecular weight is 481 g/mol. The van der Waals surface area contributed by atoms with Gasteiger partial charge in [0.25, 0.3) is 0 Å². The van der Waals surface area contributed by atoms with Gasteiger partial charge < -0.3 is 24.3 Å². The molecule has 0 saturated carbocycles. The van der Waals surface area contributed by atoms with E-state index in [2.05, 4.69) is 39.6 Å². The molecule has 1 saturated heterocycles. The van der Waals surface area contributed by atoms with E-state index >= 15 is 0 Å². The molecule has 0 bridgehead atoms. The van der Waals surface area contributed by atoms with Crippen molar-refractivity contribution in [3.05, 3.63) is 53.2 Å². The number of rotatable bonds is 10. The maximum absolute atomic E-state index is 6.00. The number of methoxy groups -OCH3 is 2. The number of nitrogens with one attached hydrogen (secondary N) is 1. The van der Waals surface area contributed by atoms with Crippen LogP contribution in [0.15, 0.2) is 36.5 Å². The molecule has 0 unspecified atom stereocenters. The van der Waals surface area contributed by atoms with Crippen molar-refractivity contribution in [3.8, 4) is 11.5 Å². The number of aryl methyl sites for hydroxylation is 1. The first-order chi connectivity index (χ1) is 17.2. The molecule has 2 atom stereocenters. The van der Waals surface area contributed by atoms with Crippen LogP contribution in [0.4, 0.5) is 0 Å². The summed E-state index contributed by atoms with van der Waals surface area (Å²) in [5, 5.41) is 9.42. The zero-order valence-corrected chi connectivity index (χ0v) is 21.0. The lowest BCUT2D eigenvalue weighted by molar-refractivity contribution is 0.0381. The van der Waals surface area contributed by atoms with Gasteiger partial charge in [-0.15, -0.1) is 0 Å². The first kappa shape index (κ1) is 24.1. The van der Waals surface area contributed by atoms with Crippen LogP contribution in [-0.2, 0) is 16.5 Å². The summed E-state index contributed by atoms with van der Waals surface area (Å²) >= 11 is 0. The molecule has 1 N–H and O–H groups in total. The number of morpholine rings is 1. The molecule has 1 fully saturated rings. The van der Waals surface area contributed by atoms with E-state index in [1.807, 2.05) is 24.0 Å². The number of ether oxygens (including phenoxy) is 4. The maximum Gasteiger partial charge on any atom is 0.126 e. The van der Waals surface area contributed by atoms with E-state index in [-0.39, 0.29) is 12.0 Å². The van der Waals surface area contributed by atoms with E-state index in [4.69, 9.17) is 18.9 Å². The van der Waals surface area contributed by atoms with Crippen molar-refractivity contribution in [2.75, 3.05) is 66.8 Å². The first-order valence-corrected chi connectivity index (χ1v) is 12.5. The largest absolute Gasteiger partial charge is 0.496 e. The molecule has 1 aliphatic carbocycles. The SMILES string of the molecule is COCCOc1cc(OC)c2c(c1)[C@H](NCCN1CCOCC1)C[C@@H]2c1ccc2cnn(C)c2c1. The summed E-state index contributed by atoms with van der Waals surface area (Å²) in [6.45, 7) is 6.65. The lowest BCUT2D eigenvalue weighted by Crippen LogP contribution is -2.40. The van der Waals surface area contributed by atoms with E-state index in [1.54, 1.807) is 14.2 Å². The topological polar surface area (TPSA) is 70.0 Å². The zero-order valence-electron chi connectivity index (χ0n) is 21.0. The molecule has 0 radical (unpaired) electrons. The number of benzene rings is 2. The highest BCUT2D eigenvalue weighted by atomic mass is 16.5. The molecule has 0 amide bonds. The molecule has 0 spiro atoms. The van der Waals surface area contributed by atoms with Gasteiger partial charge in [-0.2, -0.15) is 5.10 Å². The highest BCUT2D eigenvalue weighted by Gasteiger charge is 2.35. The Morgan fingerprint density at radius 2 is 1.97 bits per heavy atom. The van der Waals surface area contributed by atoms with Crippen LogP contribution in [0.5, 0.6) is 11.5 Å². The van der Waals surface area contributed by atoms with Crippen LogP contribution in [0.2, 0.25) is 0 Å². The van der Waals surface area contributed by atoms with Crippen molar-refractivity contribution in [2.24, 2.45) is 7.05 Å². The predicted molar refractivity (Wildman–Crippen MR) is 136 cm³/mol. The molecule has 2 aromatic carbocycles. The lowest BCUT2D eigenvalue weighted by atomic mass is 9.91. The fraction of sp³-hybridized carbons (Fsp3) is 0.519. The van der Waals surface area contributed by atoms with Crippen molar-refractivity contribution in [2.45, 2.75) is 18.4 Å². The molecule has 2 heterocycles. The van der Waals surface area contributed by atoms with Crippen LogP contribution in [0.1, 0.15) is 35.1 Å². The second kappa shape index (κ2) is 11.0. The van der Waals surface area contributed by atoms with E-state index in [0.29, 0.717) is 13.2 Å². The summed E-state index contributed by atoms with van der Waals surface area (Å²) in [6, 6.07) is 11.1. The van der Waals surface area contributed by atoms with E-state index in [9.17, 15) is 0 Å². The maximum atomic E-state index is 6.00. The van der Waals surface area contributed by atoms with Crippen molar-refractivity contribution in [1.29, 1.82) is 0 Å². The van der Waals surface area contributed by atoms with Gasteiger partial charge in [-0.25, -0.2) is 0 Å². The fourth-order valence-corrected chi connectivity index (χ4v) is 5.35. The number of nitrogens with zero attached hydrogens (tertiary/aromatic N) is 3. The van der Waals surface area contributed by atoms with Crippen LogP contribution in [0, 0.1) is 0 Å². The second-order valence-corrected chi connectivity index (χ2v) is 9.31. The van der Waals surface area contributed by atoms with Gasteiger partial charge in [-0.3, -0.25) is 9.58 Å². The van der Waals surface area contributed by atoms with Gasteiger partial charge in [-0.1, -0.05) is 12.1 Å². The number of hydrogen-bond acceptors (Lipinski definition) is 7. The Balaban J connectivity index is 1.44. The Kier molecular flexibility index (Phi) is 7.53. The summed E-state index contributed by atoms with van der Waals surface area (Å²) < 4.78 is 24.5. The smallest absolute Gasteiger partial charge is 0.126 e. The van der Waals surface area contributed by atoms with Gasteiger partial charge >= 0.3 is 0 Å². The molecule has 1 aromatic heterocycles. The van der Waals surface area contributed by atoms with Crippen LogP contribution < -0.4 is 14.8 Å². The third-order valence-electron chi connectivity index (χ3n) is 7.22. The highest BCUT2D eigenvalue weighted by Crippen LogP contribution is 2.50. The van der Waals surface area contributed by atoms with E-state index in [0.717, 1.165) is 68.2 Å². The van der Waals surface area contributed by atoms with Crippen molar-refractivity contribution in [3.63, 3.8) is 0 Å². The Hall–Kier alpha value is -2.65. The molecule has 8 nitrogen and oxygen atoms in total. The van der Waals surface area contributed by atoms with Crippen LogP contribution in [0.25, 0.3) is 10.9 Å². The Bertz CT molecular complexity index is 1140. The third-order valence-corrected chi connectivity index (χ3v) is 7.22. The minimum atomic E-state index is 0.221. The van der Waals surface area contributed by atoms with Gasteiger partial charge in [0.2, 0.25) is 0 Å². The zero-order chi connectivity index (χ0) is 24.2. The second-order valence-electron chi connectivity index (χ2n) is 9.31. The van der Waals surface area contributed by atoms with Crippen molar-refractivity contribution < 1.29 is 18.9 Å². The summed E-state index contributed by atoms with van der Waals surface area (Å²) in [7, 11) is 5.43. The molecule has 8 heteroatoms. The minimum Gasteiger partial charge on any atom is -0.496 e. The van der Waals surface area contributed by atoms with Crippen molar-refractivity contribution in [1.82, 2.24) is 20.0 Å². The summed E-state index contributed by atoms with van der Waals surface area (Å²) in [4.78, 5) is 2.46. The van der Waals surface area contributed by atoms with Crippen molar-refractivity contribution >= 4 is 10.9 Å². The molecule has 35 heavy (non-hydrogen) atoms. The quantitative estimate of drug-likeness (QED) is 0.447. The van der Waals surface area contributed by atoms with Crippen LogP contribution in [-0.4, -0.2) is 81.5 Å². The Labute approximate surface area is 207 Å². The molecule has 2 aliphatic rings. The molecular formula is C27H36N4O4. The number of aromatic nitrogens is 2. The summed E-state index contributed by atoms with van der Waals surface area (Å²) in [6.07, 6.45) is 2.89. The summed E-state index contributed by atoms with van der Waals surface area (Å²) in [5.41, 5.74) is 4.93. The van der Waals surface area contributed by atoms with Gasteiger partial charge in [0.1, 0.15) is 18.1 Å². The third kappa shape index (κ3) is 5.16. The Morgan fingerprint density at radius 3 is 2.77 bits per heavy atom. The van der Waals surface area contributed by atoms with Gasteiger partial charge in [0.05, 0.1) is 38.6 Å². The number of hydrogen-bond donors (Lipinski definition) is 1. The standard InChI is InChI=1S/C27H36N4O4/c1-30-25-14-19(4-5-20(25)18-29-30)22-17-24(28-6-7-31-8-10-34-11-9-31)23-15-21(35-13-12-32-2)16-26(33-3)27(22)23/h4-5,14-16,18,22,24,28H,6-13,17H2,1-3H3/t22-,24-/m1/s1. The molecule has 1 aliphatic heterocycles. The first-order valence-electron chi connectivity index (χ1n) is 12.5. The molecule has 188 valence electrons. The monoisotopic (exact) mass is 480 g/mol. The normalized spacial score (nSPS) is 20.3. The molecular weight excluding hydrogens is 444 g/mol. The van der Waals surface area contributed by atoms with E-state index in [1.165, 1.54) is 16.7 Å². The average Bonchev–Trinajstić information content (AvgIpc) is 3.44. The fourth-order valence-electron chi connectivity index (χ4n) is 5.35. The van der Waals surface area contributed by atoms with Crippen LogP contribution >= 0.6 is 0 Å². The predicted octanol–water partition coefficient (Wildman–Crippen LogP) is 3.11. The van der Waals surface area contributed by atoms with Gasteiger partial charge in [0, 0.05) is 69.3 Å². The highest BCUT2D eigenvalue weighted by molar-refractivity contribution is 5.79. The summed E-state index contributed by atoms with van der Waals surface area (Å²) in [5.74, 6) is 1.93. The lowest BCUT2D eigenvalue weighted by Gasteiger charge is -2.27. The Morgan fingerprint density at radius 1 is 1.11 bits per heavy atom.